The van der Waals surface area contributed by atoms with Crippen molar-refractivity contribution in [3.8, 4) is 0 Å². The van der Waals surface area contributed by atoms with Crippen LogP contribution in [0.2, 0.25) is 0 Å². The van der Waals surface area contributed by atoms with E-state index < -0.39 is 24.4 Å². The smallest absolute Gasteiger partial charge is 0.138 e. The second-order valence-corrected chi connectivity index (χ2v) is 4.05. The molecule has 1 aromatic rings. The van der Waals surface area contributed by atoms with E-state index >= 15 is 0 Å². The summed E-state index contributed by atoms with van der Waals surface area (Å²) in [7, 11) is 0. The Kier molecular flexibility index (Phi) is 2.98. The first-order chi connectivity index (χ1) is 7.18. The molecule has 0 radical (unpaired) electrons. The van der Waals surface area contributed by atoms with Crippen LogP contribution in [0.1, 0.15) is 24.3 Å². The topological polar surface area (TPSA) is 0 Å². The van der Waals surface area contributed by atoms with Crippen molar-refractivity contribution in [2.24, 2.45) is 0 Å². The second-order valence-electron chi connectivity index (χ2n) is 4.05. The zero-order valence-electron chi connectivity index (χ0n) is 8.24. The number of benzene rings is 1. The molecule has 1 saturated carbocycles. The van der Waals surface area contributed by atoms with Gasteiger partial charge in [0.1, 0.15) is 18.5 Å². The van der Waals surface area contributed by atoms with Gasteiger partial charge in [-0.05, 0) is 12.0 Å². The molecule has 1 aromatic carbocycles. The summed E-state index contributed by atoms with van der Waals surface area (Å²) in [5, 5.41) is 0. The maximum atomic E-state index is 13.6. The van der Waals surface area contributed by atoms with Gasteiger partial charge in [0.05, 0.1) is 0 Å². The van der Waals surface area contributed by atoms with Gasteiger partial charge in [-0.25, -0.2) is 13.2 Å². The predicted octanol–water partition coefficient (Wildman–Crippen LogP) is 3.58. The third-order valence-corrected chi connectivity index (χ3v) is 2.95. The molecule has 0 bridgehead atoms. The minimum atomic E-state index is -1.67. The van der Waals surface area contributed by atoms with Crippen LogP contribution < -0.4 is 0 Å². The molecule has 0 saturated heterocycles. The van der Waals surface area contributed by atoms with E-state index in [0.29, 0.717) is 5.56 Å². The van der Waals surface area contributed by atoms with Gasteiger partial charge in [-0.15, -0.1) is 0 Å². The Labute approximate surface area is 87.1 Å². The highest BCUT2D eigenvalue weighted by Crippen LogP contribution is 2.37. The van der Waals surface area contributed by atoms with E-state index in [4.69, 9.17) is 0 Å². The van der Waals surface area contributed by atoms with Crippen LogP contribution in [-0.2, 0) is 0 Å². The summed E-state index contributed by atoms with van der Waals surface area (Å²) in [6.45, 7) is 0. The SMILES string of the molecule is FC1CC(F)C(F)C(c2ccccc2)C1. The first-order valence-electron chi connectivity index (χ1n) is 5.15. The third-order valence-electron chi connectivity index (χ3n) is 2.95. The standard InChI is InChI=1S/C12H13F3/c13-9-6-10(12(15)11(14)7-9)8-4-2-1-3-5-8/h1-5,9-12H,6-7H2. The Morgan fingerprint density at radius 2 is 1.60 bits per heavy atom. The van der Waals surface area contributed by atoms with Crippen LogP contribution in [0, 0.1) is 0 Å². The molecule has 0 amide bonds. The van der Waals surface area contributed by atoms with E-state index in [2.05, 4.69) is 0 Å². The van der Waals surface area contributed by atoms with E-state index in [1.54, 1.807) is 30.3 Å². The van der Waals surface area contributed by atoms with Crippen molar-refractivity contribution in [2.75, 3.05) is 0 Å². The summed E-state index contributed by atoms with van der Waals surface area (Å²) < 4.78 is 39.8. The summed E-state index contributed by atoms with van der Waals surface area (Å²) in [6.07, 6.45) is -4.67. The van der Waals surface area contributed by atoms with Crippen molar-refractivity contribution in [3.05, 3.63) is 35.9 Å². The fourth-order valence-electron chi connectivity index (χ4n) is 2.15. The third kappa shape index (κ3) is 2.16. The lowest BCUT2D eigenvalue weighted by Gasteiger charge is -2.31. The molecule has 0 heterocycles. The highest BCUT2D eigenvalue weighted by Gasteiger charge is 2.39. The maximum absolute atomic E-state index is 13.6. The van der Waals surface area contributed by atoms with E-state index in [0.717, 1.165) is 0 Å². The molecule has 82 valence electrons. The van der Waals surface area contributed by atoms with Crippen molar-refractivity contribution >= 4 is 0 Å². The fraction of sp³-hybridized carbons (Fsp3) is 0.500. The largest absolute Gasteiger partial charge is 0.247 e. The van der Waals surface area contributed by atoms with Gasteiger partial charge in [0.15, 0.2) is 0 Å². The van der Waals surface area contributed by atoms with Crippen molar-refractivity contribution in [3.63, 3.8) is 0 Å². The molecular weight excluding hydrogens is 201 g/mol. The van der Waals surface area contributed by atoms with Crippen LogP contribution in [0.15, 0.2) is 30.3 Å². The molecule has 3 heteroatoms. The van der Waals surface area contributed by atoms with Gasteiger partial charge < -0.3 is 0 Å². The lowest BCUT2D eigenvalue weighted by atomic mass is 9.81. The van der Waals surface area contributed by atoms with Gasteiger partial charge in [-0.1, -0.05) is 30.3 Å². The predicted molar refractivity (Wildman–Crippen MR) is 53.1 cm³/mol. The lowest BCUT2D eigenvalue weighted by Crippen LogP contribution is -2.35. The van der Waals surface area contributed by atoms with E-state index in [1.165, 1.54) is 0 Å². The minimum Gasteiger partial charge on any atom is -0.247 e. The van der Waals surface area contributed by atoms with E-state index in [9.17, 15) is 13.2 Å². The van der Waals surface area contributed by atoms with Gasteiger partial charge in [-0.3, -0.25) is 0 Å². The molecule has 0 nitrogen and oxygen atoms in total. The van der Waals surface area contributed by atoms with Crippen molar-refractivity contribution in [2.45, 2.75) is 37.3 Å². The van der Waals surface area contributed by atoms with E-state index in [-0.39, 0.29) is 12.8 Å². The Balaban J connectivity index is 2.20. The van der Waals surface area contributed by atoms with Crippen LogP contribution in [0.25, 0.3) is 0 Å². The monoisotopic (exact) mass is 214 g/mol. The number of alkyl halides is 3. The molecule has 0 spiro atoms. The molecule has 4 atom stereocenters. The Hall–Kier alpha value is -0.990. The van der Waals surface area contributed by atoms with Crippen LogP contribution in [-0.4, -0.2) is 18.5 Å². The molecule has 0 aliphatic heterocycles. The fourth-order valence-corrected chi connectivity index (χ4v) is 2.15. The minimum absolute atomic E-state index is 0.0889. The molecule has 0 aromatic heterocycles. The average Bonchev–Trinajstić information content (AvgIpc) is 2.24. The summed E-state index contributed by atoms with van der Waals surface area (Å²) in [5.74, 6) is -0.634. The van der Waals surface area contributed by atoms with Crippen LogP contribution in [0.4, 0.5) is 13.2 Å². The molecule has 0 N–H and O–H groups in total. The first-order valence-corrected chi connectivity index (χ1v) is 5.15. The lowest BCUT2D eigenvalue weighted by molar-refractivity contribution is 0.0542. The average molecular weight is 214 g/mol. The van der Waals surface area contributed by atoms with Crippen LogP contribution in [0.5, 0.6) is 0 Å². The number of hydrogen-bond acceptors (Lipinski definition) is 0. The Morgan fingerprint density at radius 1 is 0.933 bits per heavy atom. The summed E-state index contributed by atoms with van der Waals surface area (Å²) >= 11 is 0. The molecule has 1 aliphatic rings. The first kappa shape index (κ1) is 10.5. The van der Waals surface area contributed by atoms with E-state index in [1.807, 2.05) is 0 Å². The van der Waals surface area contributed by atoms with Crippen molar-refractivity contribution in [1.82, 2.24) is 0 Å². The summed E-state index contributed by atoms with van der Waals surface area (Å²) in [4.78, 5) is 0. The quantitative estimate of drug-likeness (QED) is 0.670. The summed E-state index contributed by atoms with van der Waals surface area (Å²) in [5.41, 5.74) is 0.690. The normalized spacial score (nSPS) is 36.5. The van der Waals surface area contributed by atoms with Gasteiger partial charge in [0.25, 0.3) is 0 Å². The molecule has 1 fully saturated rings. The molecular formula is C12H13F3. The zero-order valence-corrected chi connectivity index (χ0v) is 8.24. The zero-order chi connectivity index (χ0) is 10.8. The van der Waals surface area contributed by atoms with Gasteiger partial charge >= 0.3 is 0 Å². The van der Waals surface area contributed by atoms with Gasteiger partial charge in [0.2, 0.25) is 0 Å². The Bertz CT molecular complexity index is 312. The molecule has 15 heavy (non-hydrogen) atoms. The van der Waals surface area contributed by atoms with Gasteiger partial charge in [-0.2, -0.15) is 0 Å². The Morgan fingerprint density at radius 3 is 2.27 bits per heavy atom. The molecule has 4 unspecified atom stereocenters. The van der Waals surface area contributed by atoms with Crippen LogP contribution in [0.3, 0.4) is 0 Å². The highest BCUT2D eigenvalue weighted by molar-refractivity contribution is 5.22. The van der Waals surface area contributed by atoms with Crippen LogP contribution >= 0.6 is 0 Å². The number of rotatable bonds is 1. The summed E-state index contributed by atoms with van der Waals surface area (Å²) in [6, 6.07) is 8.78. The van der Waals surface area contributed by atoms with Crippen molar-refractivity contribution < 1.29 is 13.2 Å². The van der Waals surface area contributed by atoms with Crippen molar-refractivity contribution in [1.29, 1.82) is 0 Å². The van der Waals surface area contributed by atoms with Gasteiger partial charge in [0, 0.05) is 12.3 Å². The molecule has 2 rings (SSSR count). The second kappa shape index (κ2) is 4.25. The molecule has 1 aliphatic carbocycles. The number of hydrogen-bond donors (Lipinski definition) is 0. The highest BCUT2D eigenvalue weighted by atomic mass is 19.2. The maximum Gasteiger partial charge on any atom is 0.138 e. The number of halogens is 3.